The number of amides is 3. The summed E-state index contributed by atoms with van der Waals surface area (Å²) < 4.78 is 0. The van der Waals surface area contributed by atoms with Gasteiger partial charge in [-0.1, -0.05) is 29.3 Å². The Morgan fingerprint density at radius 1 is 0.921 bits per heavy atom. The van der Waals surface area contributed by atoms with E-state index in [9.17, 15) is 14.4 Å². The van der Waals surface area contributed by atoms with E-state index in [2.05, 4.69) is 25.6 Å². The molecule has 3 amide bonds. The lowest BCUT2D eigenvalue weighted by molar-refractivity contribution is -0.120. The second kappa shape index (κ2) is 10.4. The Hall–Kier alpha value is -4.60. The quantitative estimate of drug-likeness (QED) is 0.312. The molecule has 0 unspecified atom stereocenters. The van der Waals surface area contributed by atoms with Crippen molar-refractivity contribution in [2.45, 2.75) is 6.92 Å². The molecule has 2 aromatic heterocycles. The number of hydrogen-bond donors (Lipinski definition) is 2. The summed E-state index contributed by atoms with van der Waals surface area (Å²) in [6, 6.07) is 16.9. The monoisotopic (exact) mass is 544 g/mol. The molecule has 188 valence electrons. The average molecular weight is 545 g/mol. The molecular formula is C27H18Cl2N6O3. The second-order valence-electron chi connectivity index (χ2n) is 8.24. The van der Waals surface area contributed by atoms with Crippen LogP contribution in [0.1, 0.15) is 15.9 Å². The number of pyridine rings is 1. The first-order valence-electron chi connectivity index (χ1n) is 11.3. The first-order chi connectivity index (χ1) is 18.3. The molecule has 0 aliphatic carbocycles. The van der Waals surface area contributed by atoms with Gasteiger partial charge in [-0.2, -0.15) is 0 Å². The van der Waals surface area contributed by atoms with Crippen molar-refractivity contribution in [1.82, 2.24) is 15.0 Å². The number of halogens is 2. The molecule has 2 N–H and O–H groups in total. The van der Waals surface area contributed by atoms with E-state index in [1.807, 2.05) is 25.1 Å². The maximum atomic E-state index is 12.9. The van der Waals surface area contributed by atoms with Gasteiger partial charge in [-0.25, -0.2) is 14.9 Å². The van der Waals surface area contributed by atoms with Crippen LogP contribution in [-0.2, 0) is 9.59 Å². The number of nitrogens with one attached hydrogen (secondary N) is 2. The molecular weight excluding hydrogens is 527 g/mol. The first-order valence-corrected chi connectivity index (χ1v) is 12.0. The molecule has 3 heterocycles. The van der Waals surface area contributed by atoms with Gasteiger partial charge in [0.15, 0.2) is 0 Å². The van der Waals surface area contributed by atoms with Crippen molar-refractivity contribution in [2.75, 3.05) is 15.5 Å². The van der Waals surface area contributed by atoms with Gasteiger partial charge in [-0.05, 0) is 67.1 Å². The fourth-order valence-electron chi connectivity index (χ4n) is 3.72. The largest absolute Gasteiger partial charge is 0.324 e. The van der Waals surface area contributed by atoms with E-state index in [-0.39, 0.29) is 21.7 Å². The van der Waals surface area contributed by atoms with Crippen LogP contribution in [0.5, 0.6) is 0 Å². The van der Waals surface area contributed by atoms with Gasteiger partial charge in [0.1, 0.15) is 10.1 Å². The Morgan fingerprint density at radius 2 is 1.66 bits per heavy atom. The van der Waals surface area contributed by atoms with Gasteiger partial charge in [-0.3, -0.25) is 19.4 Å². The number of nitrogens with zero attached hydrogens (tertiary/aromatic N) is 4. The van der Waals surface area contributed by atoms with E-state index in [0.29, 0.717) is 22.9 Å². The van der Waals surface area contributed by atoms with Crippen molar-refractivity contribution < 1.29 is 14.4 Å². The Bertz CT molecular complexity index is 1580. The molecule has 2 aromatic carbocycles. The van der Waals surface area contributed by atoms with Crippen molar-refractivity contribution in [3.05, 3.63) is 100 Å². The van der Waals surface area contributed by atoms with Crippen molar-refractivity contribution in [1.29, 1.82) is 0 Å². The number of carbonyl (C=O) groups excluding carboxylic acids is 3. The molecule has 0 fully saturated rings. The molecule has 11 heteroatoms. The minimum atomic E-state index is -0.714. The van der Waals surface area contributed by atoms with E-state index in [0.717, 1.165) is 21.7 Å². The lowest BCUT2D eigenvalue weighted by atomic mass is 10.1. The fourth-order valence-corrected chi connectivity index (χ4v) is 4.06. The molecule has 0 saturated carbocycles. The highest BCUT2D eigenvalue weighted by molar-refractivity contribution is 6.62. The van der Waals surface area contributed by atoms with Gasteiger partial charge in [0.25, 0.3) is 17.7 Å². The summed E-state index contributed by atoms with van der Waals surface area (Å²) in [7, 11) is 0. The summed E-state index contributed by atoms with van der Waals surface area (Å²) in [5.41, 5.74) is 4.34. The third-order valence-corrected chi connectivity index (χ3v) is 6.51. The van der Waals surface area contributed by atoms with Crippen LogP contribution in [0.2, 0.25) is 0 Å². The SMILES string of the molecule is Cc1ccc(NC(=O)c2ccc(N3C(=O)C(Cl)=C(Cl)C3=O)cc2)cc1Nc1nccc(-c2cccnc2)n1. The van der Waals surface area contributed by atoms with E-state index >= 15 is 0 Å². The summed E-state index contributed by atoms with van der Waals surface area (Å²) in [6.45, 7) is 1.92. The van der Waals surface area contributed by atoms with E-state index in [4.69, 9.17) is 23.2 Å². The minimum Gasteiger partial charge on any atom is -0.324 e. The number of benzene rings is 2. The molecule has 5 rings (SSSR count). The summed E-state index contributed by atoms with van der Waals surface area (Å²) in [5, 5.41) is 5.37. The normalized spacial score (nSPS) is 13.2. The van der Waals surface area contributed by atoms with Gasteiger partial charge >= 0.3 is 0 Å². The number of carbonyl (C=O) groups is 3. The van der Waals surface area contributed by atoms with Crippen LogP contribution in [0, 0.1) is 6.92 Å². The molecule has 0 spiro atoms. The third-order valence-electron chi connectivity index (χ3n) is 5.72. The van der Waals surface area contributed by atoms with Crippen LogP contribution >= 0.6 is 23.2 Å². The average Bonchev–Trinajstić information content (AvgIpc) is 3.13. The highest BCUT2D eigenvalue weighted by atomic mass is 35.5. The standard InChI is InChI=1S/C27H18Cl2N6O3/c1-15-4-7-18(13-21(15)34-27-31-12-10-20(33-27)17-3-2-11-30-14-17)32-24(36)16-5-8-19(9-6-16)35-25(37)22(28)23(29)26(35)38/h2-14H,1H3,(H,32,36)(H,31,33,34). The van der Waals surface area contributed by atoms with E-state index in [1.54, 1.807) is 36.8 Å². The molecule has 0 atom stereocenters. The smallest absolute Gasteiger partial charge is 0.278 e. The summed E-state index contributed by atoms with van der Waals surface area (Å²) in [4.78, 5) is 51.1. The van der Waals surface area contributed by atoms with Crippen molar-refractivity contribution >= 4 is 63.9 Å². The number of anilines is 4. The lowest BCUT2D eigenvalue weighted by Crippen LogP contribution is -2.30. The first kappa shape index (κ1) is 25.1. The number of imide groups is 1. The van der Waals surface area contributed by atoms with Crippen LogP contribution < -0.4 is 15.5 Å². The Kier molecular flexibility index (Phi) is 6.87. The van der Waals surface area contributed by atoms with Crippen LogP contribution in [0.3, 0.4) is 0 Å². The predicted molar refractivity (Wildman–Crippen MR) is 145 cm³/mol. The van der Waals surface area contributed by atoms with Crippen LogP contribution in [-0.4, -0.2) is 32.7 Å². The van der Waals surface area contributed by atoms with Gasteiger partial charge in [0.05, 0.1) is 11.4 Å². The van der Waals surface area contributed by atoms with E-state index < -0.39 is 11.8 Å². The maximum Gasteiger partial charge on any atom is 0.278 e. The lowest BCUT2D eigenvalue weighted by Gasteiger charge is -2.15. The summed E-state index contributed by atoms with van der Waals surface area (Å²) in [5.74, 6) is -1.41. The zero-order valence-electron chi connectivity index (χ0n) is 19.8. The molecule has 0 bridgehead atoms. The number of aromatic nitrogens is 3. The van der Waals surface area contributed by atoms with Gasteiger partial charge in [0, 0.05) is 41.1 Å². The summed E-state index contributed by atoms with van der Waals surface area (Å²) in [6.07, 6.45) is 5.08. The molecule has 4 aromatic rings. The molecule has 1 aliphatic heterocycles. The molecule has 38 heavy (non-hydrogen) atoms. The molecule has 1 aliphatic rings. The van der Waals surface area contributed by atoms with Gasteiger partial charge in [0.2, 0.25) is 5.95 Å². The summed E-state index contributed by atoms with van der Waals surface area (Å²) >= 11 is 11.6. The van der Waals surface area contributed by atoms with Crippen molar-refractivity contribution in [2.24, 2.45) is 0 Å². The maximum absolute atomic E-state index is 12.9. The molecule has 0 saturated heterocycles. The molecule has 0 radical (unpaired) electrons. The molecule has 9 nitrogen and oxygen atoms in total. The van der Waals surface area contributed by atoms with Crippen LogP contribution in [0.15, 0.2) is 89.3 Å². The zero-order valence-corrected chi connectivity index (χ0v) is 21.3. The zero-order chi connectivity index (χ0) is 26.8. The number of aryl methyl sites for hydroxylation is 1. The topological polar surface area (TPSA) is 117 Å². The Balaban J connectivity index is 1.30. The van der Waals surface area contributed by atoms with Gasteiger partial charge in [-0.15, -0.1) is 0 Å². The minimum absolute atomic E-state index is 0.251. The van der Waals surface area contributed by atoms with Crippen LogP contribution in [0.4, 0.5) is 23.0 Å². The van der Waals surface area contributed by atoms with Crippen LogP contribution in [0.25, 0.3) is 11.3 Å². The Morgan fingerprint density at radius 3 is 2.34 bits per heavy atom. The second-order valence-corrected chi connectivity index (χ2v) is 8.99. The highest BCUT2D eigenvalue weighted by Crippen LogP contribution is 2.31. The Labute approximate surface area is 227 Å². The third kappa shape index (κ3) is 4.97. The number of rotatable bonds is 6. The van der Waals surface area contributed by atoms with Gasteiger partial charge < -0.3 is 10.6 Å². The predicted octanol–water partition coefficient (Wildman–Crippen LogP) is 5.41. The fraction of sp³-hybridized carbons (Fsp3) is 0.0370. The van der Waals surface area contributed by atoms with E-state index in [1.165, 1.54) is 24.3 Å². The van der Waals surface area contributed by atoms with Crippen molar-refractivity contribution in [3.63, 3.8) is 0 Å². The number of hydrogen-bond acceptors (Lipinski definition) is 7. The highest BCUT2D eigenvalue weighted by Gasteiger charge is 2.37. The van der Waals surface area contributed by atoms with Crippen molar-refractivity contribution in [3.8, 4) is 11.3 Å².